The van der Waals surface area contributed by atoms with Crippen LogP contribution in [0.15, 0.2) is 36.7 Å². The molecule has 2 aromatic rings. The maximum atomic E-state index is 11.7. The number of anilines is 2. The molecule has 17 heavy (non-hydrogen) atoms. The van der Waals surface area contributed by atoms with E-state index in [4.69, 9.17) is 5.73 Å². The van der Waals surface area contributed by atoms with Gasteiger partial charge in [0.1, 0.15) is 0 Å². The van der Waals surface area contributed by atoms with Crippen molar-refractivity contribution in [2.45, 2.75) is 6.42 Å². The van der Waals surface area contributed by atoms with E-state index >= 15 is 0 Å². The number of hydrogen-bond donors (Lipinski definition) is 2. The standard InChI is InChI=1S/C11H11N5O/c12-9-4-2-1-3-8(9)7-10(17)15-11-13-5-6-14-16-11/h1-6H,7,12H2,(H,13,15,16,17). The smallest absolute Gasteiger partial charge is 0.249 e. The Labute approximate surface area is 97.9 Å². The number of aromatic nitrogens is 3. The fraction of sp³-hybridized carbons (Fsp3) is 0.0909. The fourth-order valence-corrected chi connectivity index (χ4v) is 1.34. The first kappa shape index (κ1) is 11.0. The molecule has 0 atom stereocenters. The number of hydrogen-bond acceptors (Lipinski definition) is 5. The molecule has 86 valence electrons. The van der Waals surface area contributed by atoms with Gasteiger partial charge in [0.25, 0.3) is 0 Å². The van der Waals surface area contributed by atoms with E-state index in [2.05, 4.69) is 20.5 Å². The van der Waals surface area contributed by atoms with Gasteiger partial charge in [-0.25, -0.2) is 4.98 Å². The zero-order valence-electron chi connectivity index (χ0n) is 9.00. The van der Waals surface area contributed by atoms with Crippen molar-refractivity contribution in [3.63, 3.8) is 0 Å². The largest absolute Gasteiger partial charge is 0.398 e. The topological polar surface area (TPSA) is 93.8 Å². The van der Waals surface area contributed by atoms with Crippen LogP contribution in [0.4, 0.5) is 11.6 Å². The third-order valence-corrected chi connectivity index (χ3v) is 2.14. The molecule has 0 fully saturated rings. The van der Waals surface area contributed by atoms with E-state index < -0.39 is 0 Å². The molecule has 0 aliphatic carbocycles. The number of amides is 1. The van der Waals surface area contributed by atoms with E-state index in [1.165, 1.54) is 12.4 Å². The van der Waals surface area contributed by atoms with E-state index in [0.717, 1.165) is 5.56 Å². The lowest BCUT2D eigenvalue weighted by Gasteiger charge is -2.05. The van der Waals surface area contributed by atoms with Gasteiger partial charge in [0.15, 0.2) is 0 Å². The molecule has 3 N–H and O–H groups in total. The second kappa shape index (κ2) is 5.02. The summed E-state index contributed by atoms with van der Waals surface area (Å²) in [6.45, 7) is 0. The molecular formula is C11H11N5O. The Morgan fingerprint density at radius 2 is 2.12 bits per heavy atom. The number of nitrogens with zero attached hydrogens (tertiary/aromatic N) is 3. The Hall–Kier alpha value is -2.50. The van der Waals surface area contributed by atoms with Crippen LogP contribution in [0.1, 0.15) is 5.56 Å². The number of rotatable bonds is 3. The predicted molar refractivity (Wildman–Crippen MR) is 63.0 cm³/mol. The normalized spacial score (nSPS) is 9.88. The van der Waals surface area contributed by atoms with E-state index in [9.17, 15) is 4.79 Å². The van der Waals surface area contributed by atoms with Crippen molar-refractivity contribution < 1.29 is 4.79 Å². The number of benzene rings is 1. The van der Waals surface area contributed by atoms with Crippen molar-refractivity contribution in [3.05, 3.63) is 42.2 Å². The van der Waals surface area contributed by atoms with Crippen LogP contribution in [0.3, 0.4) is 0 Å². The van der Waals surface area contributed by atoms with Crippen molar-refractivity contribution in [2.75, 3.05) is 11.1 Å². The van der Waals surface area contributed by atoms with Gasteiger partial charge in [0.05, 0.1) is 18.8 Å². The lowest BCUT2D eigenvalue weighted by Crippen LogP contribution is -2.17. The lowest BCUT2D eigenvalue weighted by atomic mass is 10.1. The highest BCUT2D eigenvalue weighted by Crippen LogP contribution is 2.11. The van der Waals surface area contributed by atoms with Gasteiger partial charge in [-0.1, -0.05) is 18.2 Å². The lowest BCUT2D eigenvalue weighted by molar-refractivity contribution is -0.115. The molecule has 0 saturated heterocycles. The summed E-state index contributed by atoms with van der Waals surface area (Å²) < 4.78 is 0. The van der Waals surface area contributed by atoms with Crippen LogP contribution in [0.2, 0.25) is 0 Å². The van der Waals surface area contributed by atoms with E-state index in [1.54, 1.807) is 12.1 Å². The summed E-state index contributed by atoms with van der Waals surface area (Å²) in [5.74, 6) is -0.0390. The highest BCUT2D eigenvalue weighted by molar-refractivity contribution is 5.91. The van der Waals surface area contributed by atoms with Gasteiger partial charge in [-0.15, -0.1) is 5.10 Å². The van der Waals surface area contributed by atoms with Crippen LogP contribution in [0.5, 0.6) is 0 Å². The molecule has 0 spiro atoms. The molecule has 1 heterocycles. The van der Waals surface area contributed by atoms with Gasteiger partial charge in [0, 0.05) is 5.69 Å². The quantitative estimate of drug-likeness (QED) is 0.753. The van der Waals surface area contributed by atoms with E-state index in [0.29, 0.717) is 5.69 Å². The average molecular weight is 229 g/mol. The predicted octanol–water partition coefficient (Wildman–Crippen LogP) is 0.635. The third-order valence-electron chi connectivity index (χ3n) is 2.14. The van der Waals surface area contributed by atoms with Crippen LogP contribution >= 0.6 is 0 Å². The summed E-state index contributed by atoms with van der Waals surface area (Å²) >= 11 is 0. The molecule has 0 unspecified atom stereocenters. The van der Waals surface area contributed by atoms with E-state index in [1.807, 2.05) is 12.1 Å². The molecule has 1 aromatic heterocycles. The van der Waals surface area contributed by atoms with Gasteiger partial charge in [0.2, 0.25) is 11.9 Å². The van der Waals surface area contributed by atoms with Gasteiger partial charge in [-0.3, -0.25) is 10.1 Å². The van der Waals surface area contributed by atoms with Crippen molar-refractivity contribution in [3.8, 4) is 0 Å². The molecule has 0 bridgehead atoms. The SMILES string of the molecule is Nc1ccccc1CC(=O)Nc1nccnn1. The number of para-hydroxylation sites is 1. The molecule has 0 saturated carbocycles. The number of nitrogens with one attached hydrogen (secondary N) is 1. The van der Waals surface area contributed by atoms with Crippen molar-refractivity contribution in [1.29, 1.82) is 0 Å². The Morgan fingerprint density at radius 1 is 1.29 bits per heavy atom. The summed E-state index contributed by atoms with van der Waals surface area (Å²) in [6.07, 6.45) is 3.08. The second-order valence-electron chi connectivity index (χ2n) is 3.39. The van der Waals surface area contributed by atoms with Crippen molar-refractivity contribution >= 4 is 17.5 Å². The molecular weight excluding hydrogens is 218 g/mol. The van der Waals surface area contributed by atoms with Crippen LogP contribution in [0, 0.1) is 0 Å². The summed E-state index contributed by atoms with van der Waals surface area (Å²) in [4.78, 5) is 15.5. The van der Waals surface area contributed by atoms with Gasteiger partial charge in [-0.2, -0.15) is 5.10 Å². The molecule has 0 aliphatic heterocycles. The highest BCUT2D eigenvalue weighted by Gasteiger charge is 2.07. The van der Waals surface area contributed by atoms with Gasteiger partial charge >= 0.3 is 0 Å². The number of carbonyl (C=O) groups excluding carboxylic acids is 1. The zero-order chi connectivity index (χ0) is 12.1. The summed E-state index contributed by atoms with van der Waals surface area (Å²) in [5, 5.41) is 9.81. The number of nitrogen functional groups attached to an aromatic ring is 1. The molecule has 1 aromatic carbocycles. The van der Waals surface area contributed by atoms with Crippen LogP contribution in [-0.4, -0.2) is 21.1 Å². The molecule has 6 nitrogen and oxygen atoms in total. The zero-order valence-corrected chi connectivity index (χ0v) is 9.00. The van der Waals surface area contributed by atoms with E-state index in [-0.39, 0.29) is 18.3 Å². The molecule has 2 rings (SSSR count). The fourth-order valence-electron chi connectivity index (χ4n) is 1.34. The Kier molecular flexibility index (Phi) is 3.25. The first-order chi connectivity index (χ1) is 8.25. The van der Waals surface area contributed by atoms with Gasteiger partial charge < -0.3 is 5.73 Å². The molecule has 1 amide bonds. The second-order valence-corrected chi connectivity index (χ2v) is 3.39. The Morgan fingerprint density at radius 3 is 2.82 bits per heavy atom. The Balaban J connectivity index is 2.01. The first-order valence-corrected chi connectivity index (χ1v) is 5.02. The maximum absolute atomic E-state index is 11.7. The van der Waals surface area contributed by atoms with Crippen LogP contribution in [-0.2, 0) is 11.2 Å². The third kappa shape index (κ3) is 2.97. The van der Waals surface area contributed by atoms with Crippen LogP contribution < -0.4 is 11.1 Å². The molecule has 0 radical (unpaired) electrons. The van der Waals surface area contributed by atoms with Crippen LogP contribution in [0.25, 0.3) is 0 Å². The van der Waals surface area contributed by atoms with Gasteiger partial charge in [-0.05, 0) is 11.6 Å². The Bertz CT molecular complexity index is 514. The molecule has 0 aliphatic rings. The minimum atomic E-state index is -0.226. The molecule has 6 heteroatoms. The summed E-state index contributed by atoms with van der Waals surface area (Å²) in [5.41, 5.74) is 7.10. The van der Waals surface area contributed by atoms with Crippen molar-refractivity contribution in [1.82, 2.24) is 15.2 Å². The summed E-state index contributed by atoms with van der Waals surface area (Å²) in [6, 6.07) is 7.21. The summed E-state index contributed by atoms with van der Waals surface area (Å²) in [7, 11) is 0. The minimum Gasteiger partial charge on any atom is -0.398 e. The highest BCUT2D eigenvalue weighted by atomic mass is 16.1. The minimum absolute atomic E-state index is 0.185. The maximum Gasteiger partial charge on any atom is 0.249 e. The first-order valence-electron chi connectivity index (χ1n) is 5.02. The number of carbonyl (C=O) groups is 1. The monoisotopic (exact) mass is 229 g/mol. The average Bonchev–Trinajstić information content (AvgIpc) is 2.33. The number of nitrogens with two attached hydrogens (primary N) is 1. The van der Waals surface area contributed by atoms with Crippen molar-refractivity contribution in [2.24, 2.45) is 0 Å².